The minimum Gasteiger partial charge on any atom is -0.366 e. The van der Waals surface area contributed by atoms with Gasteiger partial charge in [0.1, 0.15) is 0 Å². The molecule has 3 heteroatoms. The van der Waals surface area contributed by atoms with E-state index in [9.17, 15) is 4.79 Å². The maximum atomic E-state index is 10.4. The molecule has 0 aromatic heterocycles. The molecule has 0 fully saturated rings. The van der Waals surface area contributed by atoms with Crippen molar-refractivity contribution in [3.8, 4) is 0 Å². The van der Waals surface area contributed by atoms with Gasteiger partial charge >= 0.3 is 0 Å². The van der Waals surface area contributed by atoms with Gasteiger partial charge in [0.25, 0.3) is 0 Å². The molecular formula is C9H8INO. The van der Waals surface area contributed by atoms with Crippen molar-refractivity contribution in [2.45, 2.75) is 0 Å². The molecule has 62 valence electrons. The number of nitrogens with two attached hydrogens (primary N) is 1. The quantitative estimate of drug-likeness (QED) is 0.648. The number of hydrogen-bond acceptors (Lipinski definition) is 1. The van der Waals surface area contributed by atoms with Crippen LogP contribution in [0.25, 0.3) is 6.08 Å². The van der Waals surface area contributed by atoms with Gasteiger partial charge in [-0.05, 0) is 46.4 Å². The Morgan fingerprint density at radius 1 is 1.50 bits per heavy atom. The molecule has 12 heavy (non-hydrogen) atoms. The van der Waals surface area contributed by atoms with Crippen LogP contribution in [0.2, 0.25) is 0 Å². The Morgan fingerprint density at radius 3 is 2.83 bits per heavy atom. The van der Waals surface area contributed by atoms with Crippen LogP contribution in [0.1, 0.15) is 5.56 Å². The topological polar surface area (TPSA) is 43.1 Å². The Morgan fingerprint density at radius 2 is 2.25 bits per heavy atom. The zero-order chi connectivity index (χ0) is 8.97. The van der Waals surface area contributed by atoms with E-state index in [1.54, 1.807) is 6.08 Å². The van der Waals surface area contributed by atoms with Crippen LogP contribution >= 0.6 is 22.6 Å². The zero-order valence-corrected chi connectivity index (χ0v) is 8.49. The van der Waals surface area contributed by atoms with E-state index in [1.807, 2.05) is 24.3 Å². The van der Waals surface area contributed by atoms with Crippen LogP contribution < -0.4 is 5.73 Å². The number of halogens is 1. The molecule has 0 heterocycles. The molecule has 2 N–H and O–H groups in total. The van der Waals surface area contributed by atoms with Gasteiger partial charge in [-0.3, -0.25) is 4.79 Å². The zero-order valence-electron chi connectivity index (χ0n) is 6.33. The van der Waals surface area contributed by atoms with Gasteiger partial charge in [0, 0.05) is 9.65 Å². The van der Waals surface area contributed by atoms with E-state index >= 15 is 0 Å². The summed E-state index contributed by atoms with van der Waals surface area (Å²) in [5, 5.41) is 0. The summed E-state index contributed by atoms with van der Waals surface area (Å²) in [4.78, 5) is 10.4. The van der Waals surface area contributed by atoms with Gasteiger partial charge in [-0.15, -0.1) is 0 Å². The number of hydrogen-bond donors (Lipinski definition) is 1. The molecule has 0 saturated heterocycles. The highest BCUT2D eigenvalue weighted by Gasteiger charge is 1.88. The molecule has 1 aromatic rings. The van der Waals surface area contributed by atoms with Gasteiger partial charge in [0.2, 0.25) is 5.91 Å². The maximum Gasteiger partial charge on any atom is 0.241 e. The van der Waals surface area contributed by atoms with E-state index < -0.39 is 5.91 Å². The summed E-state index contributed by atoms with van der Waals surface area (Å²) >= 11 is 2.21. The van der Waals surface area contributed by atoms with E-state index in [4.69, 9.17) is 5.73 Å². The third-order valence-corrected chi connectivity index (χ3v) is 1.96. The molecule has 1 aromatic carbocycles. The Bertz CT molecular complexity index is 320. The highest BCUT2D eigenvalue weighted by Crippen LogP contribution is 2.08. The van der Waals surface area contributed by atoms with Gasteiger partial charge in [-0.2, -0.15) is 0 Å². The molecule has 0 radical (unpaired) electrons. The van der Waals surface area contributed by atoms with Crippen LogP contribution in [0, 0.1) is 3.57 Å². The van der Waals surface area contributed by atoms with Crippen LogP contribution in [0.4, 0.5) is 0 Å². The molecule has 0 aliphatic carbocycles. The molecule has 0 bridgehead atoms. The second-order valence-electron chi connectivity index (χ2n) is 2.29. The lowest BCUT2D eigenvalue weighted by Crippen LogP contribution is -2.05. The fourth-order valence-corrected chi connectivity index (χ4v) is 1.36. The summed E-state index contributed by atoms with van der Waals surface area (Å²) in [6.45, 7) is 0. The molecule has 2 nitrogen and oxygen atoms in total. The number of carbonyl (C=O) groups is 1. The normalized spacial score (nSPS) is 10.4. The van der Waals surface area contributed by atoms with Gasteiger partial charge < -0.3 is 5.73 Å². The first-order valence-corrected chi connectivity index (χ1v) is 4.49. The second kappa shape index (κ2) is 4.25. The van der Waals surface area contributed by atoms with E-state index in [-0.39, 0.29) is 0 Å². The first kappa shape index (κ1) is 9.25. The molecule has 0 saturated carbocycles. The Labute approximate surface area is 84.6 Å². The van der Waals surface area contributed by atoms with E-state index in [0.717, 1.165) is 9.13 Å². The average molecular weight is 273 g/mol. The summed E-state index contributed by atoms with van der Waals surface area (Å²) in [7, 11) is 0. The van der Waals surface area contributed by atoms with Crippen molar-refractivity contribution >= 4 is 34.6 Å². The third kappa shape index (κ3) is 3.04. The maximum absolute atomic E-state index is 10.4. The molecule has 1 rings (SSSR count). The Kier molecular flexibility index (Phi) is 3.28. The smallest absolute Gasteiger partial charge is 0.241 e. The fourth-order valence-electron chi connectivity index (χ4n) is 0.789. The first-order valence-electron chi connectivity index (χ1n) is 3.41. The predicted molar refractivity (Wildman–Crippen MR) is 57.4 cm³/mol. The van der Waals surface area contributed by atoms with Crippen molar-refractivity contribution in [1.82, 2.24) is 0 Å². The molecule has 1 amide bonds. The summed E-state index contributed by atoms with van der Waals surface area (Å²) < 4.78 is 1.14. The van der Waals surface area contributed by atoms with Crippen LogP contribution in [0.15, 0.2) is 30.3 Å². The van der Waals surface area contributed by atoms with Gasteiger partial charge in [0.05, 0.1) is 0 Å². The van der Waals surface area contributed by atoms with E-state index in [2.05, 4.69) is 22.6 Å². The van der Waals surface area contributed by atoms with Crippen LogP contribution in [0.3, 0.4) is 0 Å². The van der Waals surface area contributed by atoms with Crippen molar-refractivity contribution in [3.63, 3.8) is 0 Å². The molecule has 0 atom stereocenters. The molecule has 0 aliphatic heterocycles. The second-order valence-corrected chi connectivity index (χ2v) is 3.54. The minimum absolute atomic E-state index is 0.422. The number of rotatable bonds is 2. The van der Waals surface area contributed by atoms with Crippen LogP contribution in [0.5, 0.6) is 0 Å². The summed E-state index contributed by atoms with van der Waals surface area (Å²) in [6.07, 6.45) is 3.05. The van der Waals surface area contributed by atoms with Crippen molar-refractivity contribution in [3.05, 3.63) is 39.5 Å². The molecule has 0 aliphatic rings. The van der Waals surface area contributed by atoms with Crippen molar-refractivity contribution in [2.24, 2.45) is 5.73 Å². The van der Waals surface area contributed by atoms with Crippen molar-refractivity contribution in [1.29, 1.82) is 0 Å². The Hall–Kier alpha value is -0.840. The highest BCUT2D eigenvalue weighted by atomic mass is 127. The van der Waals surface area contributed by atoms with Crippen LogP contribution in [-0.2, 0) is 4.79 Å². The lowest BCUT2D eigenvalue weighted by molar-refractivity contribution is -0.113. The highest BCUT2D eigenvalue weighted by molar-refractivity contribution is 14.1. The van der Waals surface area contributed by atoms with Crippen molar-refractivity contribution < 1.29 is 4.79 Å². The van der Waals surface area contributed by atoms with Gasteiger partial charge in [-0.1, -0.05) is 12.1 Å². The summed E-state index contributed by atoms with van der Waals surface area (Å²) in [6, 6.07) is 7.81. The average Bonchev–Trinajstić information content (AvgIpc) is 2.01. The Balaban J connectivity index is 2.83. The van der Waals surface area contributed by atoms with Crippen molar-refractivity contribution in [2.75, 3.05) is 0 Å². The minimum atomic E-state index is -0.422. The van der Waals surface area contributed by atoms with E-state index in [1.165, 1.54) is 6.08 Å². The lowest BCUT2D eigenvalue weighted by atomic mass is 10.2. The number of primary amides is 1. The number of benzene rings is 1. The first-order chi connectivity index (χ1) is 5.68. The number of amides is 1. The summed E-state index contributed by atoms with van der Waals surface area (Å²) in [5.41, 5.74) is 5.94. The molecule has 0 spiro atoms. The molecule has 0 unspecified atom stereocenters. The van der Waals surface area contributed by atoms with Gasteiger partial charge in [0.15, 0.2) is 0 Å². The monoisotopic (exact) mass is 273 g/mol. The fraction of sp³-hybridized carbons (Fsp3) is 0. The molecular weight excluding hydrogens is 265 g/mol. The SMILES string of the molecule is NC(=O)/C=C\c1cccc(I)c1. The third-order valence-electron chi connectivity index (χ3n) is 1.29. The number of carbonyl (C=O) groups excluding carboxylic acids is 1. The lowest BCUT2D eigenvalue weighted by Gasteiger charge is -1.92. The standard InChI is InChI=1S/C9H8INO/c10-8-3-1-2-7(6-8)4-5-9(11)12/h1-6H,(H2,11,12)/b5-4-. The largest absolute Gasteiger partial charge is 0.366 e. The summed E-state index contributed by atoms with van der Waals surface area (Å²) in [5.74, 6) is -0.422. The van der Waals surface area contributed by atoms with Crippen LogP contribution in [-0.4, -0.2) is 5.91 Å². The van der Waals surface area contributed by atoms with E-state index in [0.29, 0.717) is 0 Å². The predicted octanol–water partition coefficient (Wildman–Crippen LogP) is 1.79. The van der Waals surface area contributed by atoms with Gasteiger partial charge in [-0.25, -0.2) is 0 Å².